The molecule has 0 radical (unpaired) electrons. The largest absolute Gasteiger partial charge is 0.507 e. The quantitative estimate of drug-likeness (QED) is 0.235. The molecule has 2 N–H and O–H groups in total. The first-order chi connectivity index (χ1) is 18.5. The topological polar surface area (TPSA) is 129 Å². The number of rotatable bonds is 7. The predicted octanol–water partition coefficient (Wildman–Crippen LogP) is 4.08. The first kappa shape index (κ1) is 26.8. The molecule has 1 heterocycles. The Morgan fingerprint density at radius 3 is 2.33 bits per heavy atom. The normalized spacial score (nSPS) is 26.3. The van der Waals surface area contributed by atoms with Gasteiger partial charge in [0.2, 0.25) is 11.8 Å². The first-order valence-electron chi connectivity index (χ1n) is 13.6. The summed E-state index contributed by atoms with van der Waals surface area (Å²) in [5.74, 6) is -3.62. The van der Waals surface area contributed by atoms with E-state index in [0.717, 1.165) is 11.1 Å². The third-order valence-electron chi connectivity index (χ3n) is 8.77. The van der Waals surface area contributed by atoms with Crippen molar-refractivity contribution in [3.8, 4) is 5.75 Å². The molecule has 4 aliphatic rings. The summed E-state index contributed by atoms with van der Waals surface area (Å²) in [5, 5.41) is 19.2. The van der Waals surface area contributed by atoms with Crippen molar-refractivity contribution in [3.63, 3.8) is 0 Å². The van der Waals surface area contributed by atoms with Gasteiger partial charge in [-0.3, -0.25) is 28.9 Å². The van der Waals surface area contributed by atoms with Crippen LogP contribution in [0.25, 0.3) is 0 Å². The van der Waals surface area contributed by atoms with Crippen LogP contribution < -0.4 is 0 Å². The lowest BCUT2D eigenvalue weighted by Crippen LogP contribution is -2.40. The number of benzene rings is 1. The third kappa shape index (κ3) is 4.45. The lowest BCUT2D eigenvalue weighted by atomic mass is 9.59. The number of carboxylic acids is 1. The molecule has 1 aromatic carbocycles. The monoisotopic (exact) mass is 531 g/mol. The molecule has 0 spiro atoms. The summed E-state index contributed by atoms with van der Waals surface area (Å²) in [6.07, 6.45) is 5.66. The minimum atomic E-state index is -0.867. The molecule has 1 aliphatic heterocycles. The van der Waals surface area contributed by atoms with Crippen LogP contribution in [0.1, 0.15) is 68.1 Å². The van der Waals surface area contributed by atoms with E-state index >= 15 is 0 Å². The fourth-order valence-corrected chi connectivity index (χ4v) is 6.93. The second-order valence-electron chi connectivity index (χ2n) is 11.3. The molecule has 4 atom stereocenters. The van der Waals surface area contributed by atoms with Gasteiger partial charge in [-0.15, -0.1) is 0 Å². The van der Waals surface area contributed by atoms with Gasteiger partial charge in [-0.2, -0.15) is 0 Å². The number of phenols is 1. The van der Waals surface area contributed by atoms with Crippen LogP contribution in [0.4, 0.5) is 0 Å². The number of carbonyl (C=O) groups is 5. The van der Waals surface area contributed by atoms with Crippen molar-refractivity contribution in [1.82, 2.24) is 4.90 Å². The second-order valence-corrected chi connectivity index (χ2v) is 11.3. The maximum Gasteiger partial charge on any atom is 0.303 e. The zero-order valence-electron chi connectivity index (χ0n) is 22.5. The number of hydrogen-bond donors (Lipinski definition) is 2. The molecule has 8 nitrogen and oxygen atoms in total. The molecule has 2 amide bonds. The highest BCUT2D eigenvalue weighted by atomic mass is 16.4. The number of aryl methyl sites for hydroxylation is 2. The molecule has 0 unspecified atom stereocenters. The van der Waals surface area contributed by atoms with E-state index < -0.39 is 29.6 Å². The third-order valence-corrected chi connectivity index (χ3v) is 8.77. The summed E-state index contributed by atoms with van der Waals surface area (Å²) in [6.45, 7) is 5.45. The SMILES string of the molecule is CC1=CC(=O)C2=C(C[C@@H]3C(=CC[C@@H]4C(=O)N(CCCCCC(=O)O)C(=O)[C@@H]43)[C@@H]2c2cc(C)c(O)c(C)c2)C1=O. The van der Waals surface area contributed by atoms with Crippen molar-refractivity contribution in [2.24, 2.45) is 17.8 Å². The van der Waals surface area contributed by atoms with Crippen molar-refractivity contribution in [3.05, 3.63) is 63.3 Å². The van der Waals surface area contributed by atoms with Gasteiger partial charge in [-0.1, -0.05) is 30.2 Å². The Balaban J connectivity index is 1.52. The fraction of sp³-hybridized carbons (Fsp3) is 0.452. The number of ketones is 2. The highest BCUT2D eigenvalue weighted by molar-refractivity contribution is 6.23. The van der Waals surface area contributed by atoms with E-state index in [2.05, 4.69) is 0 Å². The average molecular weight is 532 g/mol. The summed E-state index contributed by atoms with van der Waals surface area (Å²) < 4.78 is 0. The molecule has 0 bridgehead atoms. The van der Waals surface area contributed by atoms with E-state index in [0.29, 0.717) is 53.5 Å². The summed E-state index contributed by atoms with van der Waals surface area (Å²) >= 11 is 0. The summed E-state index contributed by atoms with van der Waals surface area (Å²) in [4.78, 5) is 65.9. The van der Waals surface area contributed by atoms with Gasteiger partial charge in [-0.05, 0) is 75.1 Å². The van der Waals surface area contributed by atoms with E-state index in [1.807, 2.05) is 18.2 Å². The number of likely N-dealkylation sites (tertiary alicyclic amines) is 1. The molecular formula is C31H33NO7. The summed E-state index contributed by atoms with van der Waals surface area (Å²) in [7, 11) is 0. The molecule has 1 saturated heterocycles. The van der Waals surface area contributed by atoms with Gasteiger partial charge in [-0.25, -0.2) is 0 Å². The predicted molar refractivity (Wildman–Crippen MR) is 142 cm³/mol. The Bertz CT molecular complexity index is 1390. The summed E-state index contributed by atoms with van der Waals surface area (Å²) in [6, 6.07) is 3.67. The lowest BCUT2D eigenvalue weighted by Gasteiger charge is -2.42. The fourth-order valence-electron chi connectivity index (χ4n) is 6.93. The Labute approximate surface area is 227 Å². The molecule has 3 aliphatic carbocycles. The smallest absolute Gasteiger partial charge is 0.303 e. The number of fused-ring (bicyclic) bond motifs is 3. The Morgan fingerprint density at radius 2 is 1.67 bits per heavy atom. The van der Waals surface area contributed by atoms with Crippen LogP contribution in [0.5, 0.6) is 5.75 Å². The van der Waals surface area contributed by atoms with Gasteiger partial charge in [0.15, 0.2) is 11.6 Å². The van der Waals surface area contributed by atoms with Crippen molar-refractivity contribution in [2.45, 2.75) is 65.2 Å². The van der Waals surface area contributed by atoms with Crippen LogP contribution in [-0.2, 0) is 24.0 Å². The first-order valence-corrected chi connectivity index (χ1v) is 13.6. The van der Waals surface area contributed by atoms with E-state index in [1.54, 1.807) is 20.8 Å². The molecule has 0 saturated carbocycles. The van der Waals surface area contributed by atoms with Crippen molar-refractivity contribution >= 4 is 29.4 Å². The molecule has 39 heavy (non-hydrogen) atoms. The number of unbranched alkanes of at least 4 members (excludes halogenated alkanes) is 2. The highest BCUT2D eigenvalue weighted by Crippen LogP contribution is 2.55. The zero-order valence-corrected chi connectivity index (χ0v) is 22.5. The molecule has 1 fully saturated rings. The Morgan fingerprint density at radius 1 is 0.974 bits per heavy atom. The molecule has 0 aromatic heterocycles. The number of imide groups is 1. The number of hydrogen-bond acceptors (Lipinski definition) is 6. The van der Waals surface area contributed by atoms with Crippen molar-refractivity contribution in [2.75, 3.05) is 6.54 Å². The second kappa shape index (κ2) is 10.1. The zero-order chi connectivity index (χ0) is 28.2. The van der Waals surface area contributed by atoms with Gasteiger partial charge in [0.1, 0.15) is 5.75 Å². The van der Waals surface area contributed by atoms with Crippen molar-refractivity contribution < 1.29 is 34.2 Å². The van der Waals surface area contributed by atoms with Crippen LogP contribution in [0.2, 0.25) is 0 Å². The molecule has 204 valence electrons. The van der Waals surface area contributed by atoms with Crippen LogP contribution in [0, 0.1) is 31.6 Å². The number of nitrogens with zero attached hydrogens (tertiary/aromatic N) is 1. The summed E-state index contributed by atoms with van der Waals surface area (Å²) in [5.41, 5.74) is 4.21. The maximum atomic E-state index is 13.7. The minimum absolute atomic E-state index is 0.0537. The van der Waals surface area contributed by atoms with Gasteiger partial charge in [0.25, 0.3) is 0 Å². The maximum absolute atomic E-state index is 13.7. The van der Waals surface area contributed by atoms with Crippen LogP contribution in [-0.4, -0.2) is 51.0 Å². The number of amides is 2. The average Bonchev–Trinajstić information content (AvgIpc) is 3.13. The minimum Gasteiger partial charge on any atom is -0.507 e. The molecule has 1 aromatic rings. The molecule has 8 heteroatoms. The molecule has 5 rings (SSSR count). The van der Waals surface area contributed by atoms with E-state index in [-0.39, 0.29) is 48.5 Å². The number of carboxylic acid groups (broad SMARTS) is 1. The van der Waals surface area contributed by atoms with Gasteiger partial charge >= 0.3 is 5.97 Å². The van der Waals surface area contributed by atoms with Crippen LogP contribution in [0.3, 0.4) is 0 Å². The number of allylic oxidation sites excluding steroid dienone is 6. The highest BCUT2D eigenvalue weighted by Gasteiger charge is 2.56. The van der Waals surface area contributed by atoms with E-state index in [4.69, 9.17) is 5.11 Å². The number of carbonyl (C=O) groups excluding carboxylic acids is 4. The van der Waals surface area contributed by atoms with Gasteiger partial charge in [0.05, 0.1) is 11.8 Å². The number of Topliss-reactive ketones (excluding diaryl/α,β-unsaturated/α-hetero) is 1. The van der Waals surface area contributed by atoms with E-state index in [1.165, 1.54) is 11.0 Å². The standard InChI is InChI=1S/C31H33NO7/c1-15-11-18(12-16(2)28(15)36)25-19-8-9-20-26(21(19)14-22-27(25)23(33)13-17(3)29(22)37)31(39)32(30(20)38)10-6-4-5-7-24(34)35/h8,11-13,20-21,25-26,36H,4-7,9-10,14H2,1-3H3,(H,34,35)/t20-,21+,25-,26-/m0/s1. The van der Waals surface area contributed by atoms with Crippen LogP contribution in [0.15, 0.2) is 46.6 Å². The van der Waals surface area contributed by atoms with Crippen molar-refractivity contribution in [1.29, 1.82) is 0 Å². The Kier molecular flexibility index (Phi) is 6.91. The Hall–Kier alpha value is -3.81. The van der Waals surface area contributed by atoms with Crippen LogP contribution >= 0.6 is 0 Å². The van der Waals surface area contributed by atoms with E-state index in [9.17, 15) is 29.1 Å². The van der Waals surface area contributed by atoms with Gasteiger partial charge < -0.3 is 10.2 Å². The molecular weight excluding hydrogens is 498 g/mol. The lowest BCUT2D eigenvalue weighted by molar-refractivity contribution is -0.141. The number of phenolic OH excluding ortho intramolecular Hbond substituents is 1. The number of aromatic hydroxyl groups is 1. The van der Waals surface area contributed by atoms with Gasteiger partial charge in [0, 0.05) is 35.6 Å². The number of aliphatic carboxylic acids is 1.